The summed E-state index contributed by atoms with van der Waals surface area (Å²) in [4.78, 5) is 24.7. The van der Waals surface area contributed by atoms with E-state index in [4.69, 9.17) is 0 Å². The fourth-order valence-corrected chi connectivity index (χ4v) is 2.58. The summed E-state index contributed by atoms with van der Waals surface area (Å²) in [5.41, 5.74) is 4.52. The number of anilines is 1. The minimum absolute atomic E-state index is 0.166. The van der Waals surface area contributed by atoms with Gasteiger partial charge in [0.1, 0.15) is 0 Å². The largest absolute Gasteiger partial charge is 0.325 e. The van der Waals surface area contributed by atoms with Gasteiger partial charge in [-0.1, -0.05) is 48.0 Å². The zero-order valence-electron chi connectivity index (χ0n) is 13.4. The van der Waals surface area contributed by atoms with Crippen LogP contribution in [-0.4, -0.2) is 11.7 Å². The molecule has 114 valence electrons. The molecule has 0 saturated heterocycles. The molecule has 0 aliphatic rings. The smallest absolute Gasteiger partial charge is 0.235 e. The molecule has 2 rings (SSSR count). The van der Waals surface area contributed by atoms with Gasteiger partial charge in [0.15, 0.2) is 5.78 Å². The molecule has 1 unspecified atom stereocenters. The normalized spacial score (nSPS) is 11.8. The second-order valence-corrected chi connectivity index (χ2v) is 5.71. The summed E-state index contributed by atoms with van der Waals surface area (Å²) in [5.74, 6) is -1.16. The number of Topliss-reactive ketones (excluding diaryl/α,β-unsaturated/α-hetero) is 1. The van der Waals surface area contributed by atoms with Gasteiger partial charge < -0.3 is 5.32 Å². The van der Waals surface area contributed by atoms with Gasteiger partial charge in [-0.2, -0.15) is 0 Å². The molecule has 2 aromatic rings. The van der Waals surface area contributed by atoms with E-state index in [1.165, 1.54) is 0 Å². The first-order valence-electron chi connectivity index (χ1n) is 7.38. The molecule has 2 aromatic carbocycles. The number of hydrogen-bond acceptors (Lipinski definition) is 2. The van der Waals surface area contributed by atoms with Gasteiger partial charge in [-0.25, -0.2) is 0 Å². The van der Waals surface area contributed by atoms with E-state index in [9.17, 15) is 9.59 Å². The summed E-state index contributed by atoms with van der Waals surface area (Å²) in [7, 11) is 0. The van der Waals surface area contributed by atoms with Gasteiger partial charge in [-0.3, -0.25) is 9.59 Å². The van der Waals surface area contributed by atoms with Crippen molar-refractivity contribution in [2.24, 2.45) is 5.92 Å². The Morgan fingerprint density at radius 3 is 2.05 bits per heavy atom. The first kappa shape index (κ1) is 16.0. The van der Waals surface area contributed by atoms with Crippen LogP contribution in [0.1, 0.15) is 34.0 Å². The molecule has 1 N–H and O–H groups in total. The summed E-state index contributed by atoms with van der Waals surface area (Å²) in [6.07, 6.45) is 0. The van der Waals surface area contributed by atoms with Gasteiger partial charge in [0.2, 0.25) is 5.91 Å². The van der Waals surface area contributed by atoms with Crippen LogP contribution >= 0.6 is 0 Å². The third kappa shape index (κ3) is 3.42. The van der Waals surface area contributed by atoms with Crippen LogP contribution in [0.4, 0.5) is 5.69 Å². The molecule has 0 aromatic heterocycles. The number of ketones is 1. The highest BCUT2D eigenvalue weighted by atomic mass is 16.2. The van der Waals surface area contributed by atoms with Crippen LogP contribution < -0.4 is 5.32 Å². The lowest BCUT2D eigenvalue weighted by atomic mass is 9.98. The fraction of sp³-hybridized carbons (Fsp3) is 0.263. The number of nitrogens with one attached hydrogen (secondary N) is 1. The summed E-state index contributed by atoms with van der Waals surface area (Å²) in [5, 5.41) is 2.90. The number of carbonyl (C=O) groups is 2. The molecule has 0 heterocycles. The molecular weight excluding hydrogens is 274 g/mol. The molecule has 0 bridgehead atoms. The maximum absolute atomic E-state index is 12.4. The van der Waals surface area contributed by atoms with E-state index in [0.29, 0.717) is 5.56 Å². The average molecular weight is 295 g/mol. The number of amides is 1. The van der Waals surface area contributed by atoms with Crippen molar-refractivity contribution in [3.05, 3.63) is 64.7 Å². The maximum atomic E-state index is 12.4. The van der Waals surface area contributed by atoms with Crippen molar-refractivity contribution >= 4 is 17.4 Å². The molecule has 0 aliphatic heterocycles. The van der Waals surface area contributed by atoms with Crippen molar-refractivity contribution in [1.29, 1.82) is 0 Å². The molecule has 22 heavy (non-hydrogen) atoms. The molecule has 3 nitrogen and oxygen atoms in total. The van der Waals surface area contributed by atoms with Crippen molar-refractivity contribution in [2.75, 3.05) is 5.32 Å². The van der Waals surface area contributed by atoms with Crippen LogP contribution in [0.5, 0.6) is 0 Å². The van der Waals surface area contributed by atoms with Crippen molar-refractivity contribution in [2.45, 2.75) is 27.7 Å². The van der Waals surface area contributed by atoms with E-state index < -0.39 is 5.92 Å². The Kier molecular flexibility index (Phi) is 4.76. The van der Waals surface area contributed by atoms with Gasteiger partial charge in [-0.15, -0.1) is 0 Å². The van der Waals surface area contributed by atoms with Crippen molar-refractivity contribution < 1.29 is 9.59 Å². The van der Waals surface area contributed by atoms with E-state index in [1.807, 2.05) is 39.0 Å². The summed E-state index contributed by atoms with van der Waals surface area (Å²) in [6.45, 7) is 7.58. The van der Waals surface area contributed by atoms with Gasteiger partial charge in [0, 0.05) is 11.3 Å². The lowest BCUT2D eigenvalue weighted by molar-refractivity contribution is -0.118. The second-order valence-electron chi connectivity index (χ2n) is 5.71. The summed E-state index contributed by atoms with van der Waals surface area (Å²) >= 11 is 0. The number of carbonyl (C=O) groups excluding carboxylic acids is 2. The SMILES string of the molecule is Cc1cc(C)c(NC(=O)C(C)C(=O)c2ccccc2)c(C)c1. The number of rotatable bonds is 4. The van der Waals surface area contributed by atoms with Crippen LogP contribution in [-0.2, 0) is 4.79 Å². The summed E-state index contributed by atoms with van der Waals surface area (Å²) < 4.78 is 0. The molecule has 1 amide bonds. The first-order valence-corrected chi connectivity index (χ1v) is 7.38. The van der Waals surface area contributed by atoms with Crippen LogP contribution in [0.25, 0.3) is 0 Å². The quantitative estimate of drug-likeness (QED) is 0.682. The molecule has 1 atom stereocenters. The third-order valence-electron chi connectivity index (χ3n) is 3.77. The highest BCUT2D eigenvalue weighted by molar-refractivity contribution is 6.13. The lowest BCUT2D eigenvalue weighted by Crippen LogP contribution is -2.28. The zero-order chi connectivity index (χ0) is 16.3. The zero-order valence-corrected chi connectivity index (χ0v) is 13.4. The number of benzene rings is 2. The minimum atomic E-state index is -0.720. The van der Waals surface area contributed by atoms with Crippen molar-refractivity contribution in [1.82, 2.24) is 0 Å². The van der Waals surface area contributed by atoms with Crippen LogP contribution in [0.15, 0.2) is 42.5 Å². The molecule has 0 saturated carbocycles. The van der Waals surface area contributed by atoms with E-state index >= 15 is 0 Å². The Balaban J connectivity index is 2.17. The van der Waals surface area contributed by atoms with Gasteiger partial charge in [0.05, 0.1) is 5.92 Å². The predicted molar refractivity (Wildman–Crippen MR) is 89.2 cm³/mol. The number of aryl methyl sites for hydroxylation is 3. The first-order chi connectivity index (χ1) is 10.4. The standard InChI is InChI=1S/C19H21NO2/c1-12-10-13(2)17(14(3)11-12)20-19(22)15(4)18(21)16-8-6-5-7-9-16/h5-11,15H,1-4H3,(H,20,22). The lowest BCUT2D eigenvalue weighted by Gasteiger charge is -2.16. The van der Waals surface area contributed by atoms with E-state index in [1.54, 1.807) is 31.2 Å². The Bertz CT molecular complexity index is 682. The van der Waals surface area contributed by atoms with Gasteiger partial charge in [-0.05, 0) is 38.8 Å². The van der Waals surface area contributed by atoms with E-state index in [-0.39, 0.29) is 11.7 Å². The summed E-state index contributed by atoms with van der Waals surface area (Å²) in [6, 6.07) is 12.9. The molecule has 0 spiro atoms. The molecule has 0 radical (unpaired) electrons. The van der Waals surface area contributed by atoms with Crippen LogP contribution in [0.2, 0.25) is 0 Å². The molecule has 3 heteroatoms. The van der Waals surface area contributed by atoms with Crippen molar-refractivity contribution in [3.8, 4) is 0 Å². The Hall–Kier alpha value is -2.42. The topological polar surface area (TPSA) is 46.2 Å². The second kappa shape index (κ2) is 6.56. The van der Waals surface area contributed by atoms with Gasteiger partial charge in [0.25, 0.3) is 0 Å². The third-order valence-corrected chi connectivity index (χ3v) is 3.77. The molecule has 0 fully saturated rings. The van der Waals surface area contributed by atoms with Gasteiger partial charge >= 0.3 is 0 Å². The van der Waals surface area contributed by atoms with Crippen LogP contribution in [0.3, 0.4) is 0 Å². The Morgan fingerprint density at radius 2 is 1.50 bits per heavy atom. The highest BCUT2D eigenvalue weighted by Gasteiger charge is 2.23. The minimum Gasteiger partial charge on any atom is -0.325 e. The average Bonchev–Trinajstić information content (AvgIpc) is 2.50. The Labute approximate surface area is 131 Å². The van der Waals surface area contributed by atoms with Crippen molar-refractivity contribution in [3.63, 3.8) is 0 Å². The molecule has 0 aliphatic carbocycles. The monoisotopic (exact) mass is 295 g/mol. The highest BCUT2D eigenvalue weighted by Crippen LogP contribution is 2.23. The van der Waals surface area contributed by atoms with E-state index in [0.717, 1.165) is 22.4 Å². The molecular formula is C19H21NO2. The maximum Gasteiger partial charge on any atom is 0.235 e. The Morgan fingerprint density at radius 1 is 0.955 bits per heavy atom. The number of hydrogen-bond donors (Lipinski definition) is 1. The fourth-order valence-electron chi connectivity index (χ4n) is 2.58. The van der Waals surface area contributed by atoms with E-state index in [2.05, 4.69) is 5.32 Å². The predicted octanol–water partition coefficient (Wildman–Crippen LogP) is 4.07. The van der Waals surface area contributed by atoms with Crippen LogP contribution in [0, 0.1) is 26.7 Å².